The van der Waals surface area contributed by atoms with Crippen LogP contribution >= 0.6 is 0 Å². The van der Waals surface area contributed by atoms with Crippen molar-refractivity contribution in [3.63, 3.8) is 0 Å². The van der Waals surface area contributed by atoms with Crippen LogP contribution < -0.4 is 5.73 Å². The third kappa shape index (κ3) is 2.89. The Morgan fingerprint density at radius 3 is 2.75 bits per heavy atom. The number of furan rings is 1. The molecule has 0 bridgehead atoms. The molecule has 0 unspecified atom stereocenters. The number of benzene rings is 1. The van der Waals surface area contributed by atoms with Gasteiger partial charge in [-0.15, -0.1) is 0 Å². The van der Waals surface area contributed by atoms with Crippen LogP contribution in [0, 0.1) is 5.92 Å². The average Bonchev–Trinajstić information content (AvgIpc) is 2.86. The van der Waals surface area contributed by atoms with Gasteiger partial charge < -0.3 is 14.9 Å². The van der Waals surface area contributed by atoms with Crippen LogP contribution in [0.15, 0.2) is 28.7 Å². The molecule has 2 aromatic rings. The van der Waals surface area contributed by atoms with Gasteiger partial charge in [0.2, 0.25) is 0 Å². The Balaban J connectivity index is 1.64. The minimum atomic E-state index is 0.499. The van der Waals surface area contributed by atoms with Crippen molar-refractivity contribution < 1.29 is 9.15 Å². The lowest BCUT2D eigenvalue weighted by Gasteiger charge is -2.21. The average molecular weight is 273 g/mol. The molecule has 1 aromatic carbocycles. The summed E-state index contributed by atoms with van der Waals surface area (Å²) in [5.41, 5.74) is 7.85. The second kappa shape index (κ2) is 6.42. The third-order valence-corrected chi connectivity index (χ3v) is 4.30. The van der Waals surface area contributed by atoms with Crippen molar-refractivity contribution in [2.24, 2.45) is 11.7 Å². The Labute approximate surface area is 120 Å². The summed E-state index contributed by atoms with van der Waals surface area (Å²) < 4.78 is 11.8. The number of rotatable bonds is 5. The lowest BCUT2D eigenvalue weighted by molar-refractivity contribution is 0.0640. The van der Waals surface area contributed by atoms with Gasteiger partial charge in [-0.05, 0) is 24.8 Å². The van der Waals surface area contributed by atoms with Gasteiger partial charge in [0, 0.05) is 24.1 Å². The van der Waals surface area contributed by atoms with Gasteiger partial charge in [0.05, 0.1) is 0 Å². The molecule has 1 fully saturated rings. The summed E-state index contributed by atoms with van der Waals surface area (Å²) in [6, 6.07) is 8.05. The first-order valence-electron chi connectivity index (χ1n) is 7.65. The molecule has 1 heterocycles. The van der Waals surface area contributed by atoms with Gasteiger partial charge in [-0.25, -0.2) is 0 Å². The third-order valence-electron chi connectivity index (χ3n) is 4.30. The molecule has 3 nitrogen and oxygen atoms in total. The van der Waals surface area contributed by atoms with E-state index in [1.807, 2.05) is 18.2 Å². The zero-order chi connectivity index (χ0) is 13.8. The molecule has 0 aliphatic heterocycles. The van der Waals surface area contributed by atoms with Crippen LogP contribution in [0.2, 0.25) is 0 Å². The molecule has 0 saturated heterocycles. The Morgan fingerprint density at radius 2 is 1.95 bits per heavy atom. The molecular weight excluding hydrogens is 250 g/mol. The zero-order valence-electron chi connectivity index (χ0n) is 11.9. The molecule has 1 aromatic heterocycles. The van der Waals surface area contributed by atoms with E-state index >= 15 is 0 Å². The maximum absolute atomic E-state index is 5.88. The van der Waals surface area contributed by atoms with Crippen LogP contribution in [0.5, 0.6) is 0 Å². The maximum Gasteiger partial charge on any atom is 0.135 e. The van der Waals surface area contributed by atoms with Crippen molar-refractivity contribution in [3.8, 4) is 0 Å². The van der Waals surface area contributed by atoms with E-state index in [4.69, 9.17) is 14.9 Å². The summed E-state index contributed by atoms with van der Waals surface area (Å²) in [5.74, 6) is 1.62. The SMILES string of the molecule is NCc1c(COCC2CCCCC2)oc2ccccc12. The van der Waals surface area contributed by atoms with E-state index < -0.39 is 0 Å². The summed E-state index contributed by atoms with van der Waals surface area (Å²) in [5, 5.41) is 1.12. The highest BCUT2D eigenvalue weighted by Crippen LogP contribution is 2.27. The van der Waals surface area contributed by atoms with Crippen LogP contribution in [-0.2, 0) is 17.9 Å². The molecule has 3 rings (SSSR count). The standard InChI is InChI=1S/C17H23NO2/c18-10-15-14-8-4-5-9-16(14)20-17(15)12-19-11-13-6-2-1-3-7-13/h4-5,8-9,13H,1-3,6-7,10-12,18H2. The number of nitrogens with two attached hydrogens (primary N) is 1. The summed E-state index contributed by atoms with van der Waals surface area (Å²) >= 11 is 0. The maximum atomic E-state index is 5.88. The molecule has 108 valence electrons. The lowest BCUT2D eigenvalue weighted by Crippen LogP contribution is -2.13. The van der Waals surface area contributed by atoms with Gasteiger partial charge in [0.25, 0.3) is 0 Å². The smallest absolute Gasteiger partial charge is 0.135 e. The number of ether oxygens (including phenoxy) is 1. The molecule has 1 aliphatic rings. The van der Waals surface area contributed by atoms with E-state index in [1.54, 1.807) is 0 Å². The highest BCUT2D eigenvalue weighted by molar-refractivity contribution is 5.82. The minimum absolute atomic E-state index is 0.499. The first kappa shape index (κ1) is 13.7. The summed E-state index contributed by atoms with van der Waals surface area (Å²) in [6.07, 6.45) is 6.71. The van der Waals surface area contributed by atoms with E-state index in [0.717, 1.165) is 34.8 Å². The van der Waals surface area contributed by atoms with E-state index in [2.05, 4.69) is 6.07 Å². The number of fused-ring (bicyclic) bond motifs is 1. The van der Waals surface area contributed by atoms with Crippen LogP contribution in [-0.4, -0.2) is 6.61 Å². The molecule has 0 amide bonds. The predicted molar refractivity (Wildman–Crippen MR) is 80.3 cm³/mol. The van der Waals surface area contributed by atoms with Crippen molar-refractivity contribution in [1.29, 1.82) is 0 Å². The fraction of sp³-hybridized carbons (Fsp3) is 0.529. The Kier molecular flexibility index (Phi) is 4.38. The molecule has 20 heavy (non-hydrogen) atoms. The normalized spacial score (nSPS) is 16.9. The highest BCUT2D eigenvalue weighted by Gasteiger charge is 2.16. The molecule has 0 atom stereocenters. The quantitative estimate of drug-likeness (QED) is 0.896. The highest BCUT2D eigenvalue weighted by atomic mass is 16.5. The van der Waals surface area contributed by atoms with Crippen LogP contribution in [0.1, 0.15) is 43.4 Å². The molecule has 1 saturated carbocycles. The van der Waals surface area contributed by atoms with Gasteiger partial charge in [-0.1, -0.05) is 37.5 Å². The van der Waals surface area contributed by atoms with Crippen LogP contribution in [0.3, 0.4) is 0 Å². The van der Waals surface area contributed by atoms with E-state index in [1.165, 1.54) is 32.1 Å². The summed E-state index contributed by atoms with van der Waals surface area (Å²) in [4.78, 5) is 0. The van der Waals surface area contributed by atoms with Crippen molar-refractivity contribution >= 4 is 11.0 Å². The first-order chi connectivity index (χ1) is 9.88. The summed E-state index contributed by atoms with van der Waals surface area (Å²) in [6.45, 7) is 1.89. The van der Waals surface area contributed by atoms with Crippen LogP contribution in [0.25, 0.3) is 11.0 Å². The minimum Gasteiger partial charge on any atom is -0.458 e. The van der Waals surface area contributed by atoms with Gasteiger partial charge in [0.15, 0.2) is 0 Å². The Morgan fingerprint density at radius 1 is 1.15 bits per heavy atom. The lowest BCUT2D eigenvalue weighted by atomic mass is 9.90. The van der Waals surface area contributed by atoms with Crippen molar-refractivity contribution in [2.45, 2.75) is 45.3 Å². The number of hydrogen-bond acceptors (Lipinski definition) is 3. The van der Waals surface area contributed by atoms with E-state index in [-0.39, 0.29) is 0 Å². The zero-order valence-corrected chi connectivity index (χ0v) is 11.9. The van der Waals surface area contributed by atoms with Crippen molar-refractivity contribution in [2.75, 3.05) is 6.61 Å². The second-order valence-corrected chi connectivity index (χ2v) is 5.72. The van der Waals surface area contributed by atoms with Gasteiger partial charge in [-0.3, -0.25) is 0 Å². The Bertz CT molecular complexity index is 555. The van der Waals surface area contributed by atoms with E-state index in [9.17, 15) is 0 Å². The molecule has 0 radical (unpaired) electrons. The molecule has 3 heteroatoms. The van der Waals surface area contributed by atoms with Crippen molar-refractivity contribution in [1.82, 2.24) is 0 Å². The monoisotopic (exact) mass is 273 g/mol. The molecular formula is C17H23NO2. The fourth-order valence-corrected chi connectivity index (χ4v) is 3.16. The fourth-order valence-electron chi connectivity index (χ4n) is 3.16. The molecule has 1 aliphatic carbocycles. The topological polar surface area (TPSA) is 48.4 Å². The number of hydrogen-bond donors (Lipinski definition) is 1. The van der Waals surface area contributed by atoms with Crippen LogP contribution in [0.4, 0.5) is 0 Å². The summed E-state index contributed by atoms with van der Waals surface area (Å²) in [7, 11) is 0. The van der Waals surface area contributed by atoms with Crippen molar-refractivity contribution in [3.05, 3.63) is 35.6 Å². The number of para-hydroxylation sites is 1. The predicted octanol–water partition coefficient (Wildman–Crippen LogP) is 3.99. The molecule has 2 N–H and O–H groups in total. The van der Waals surface area contributed by atoms with Gasteiger partial charge >= 0.3 is 0 Å². The molecule has 0 spiro atoms. The Hall–Kier alpha value is -1.32. The van der Waals surface area contributed by atoms with Gasteiger partial charge in [0.1, 0.15) is 18.0 Å². The second-order valence-electron chi connectivity index (χ2n) is 5.72. The first-order valence-corrected chi connectivity index (χ1v) is 7.65. The largest absolute Gasteiger partial charge is 0.458 e. The van der Waals surface area contributed by atoms with E-state index in [0.29, 0.717) is 13.2 Å². The van der Waals surface area contributed by atoms with Gasteiger partial charge in [-0.2, -0.15) is 0 Å².